The number of hydrogen-bond donors (Lipinski definition) is 2. The SMILES string of the molecule is Cc1ccc(NC(=O)NC(F)(F)F)c(Br)c1. The number of urea groups is 1. The Morgan fingerprint density at radius 3 is 2.50 bits per heavy atom. The second kappa shape index (κ2) is 4.73. The highest BCUT2D eigenvalue weighted by Crippen LogP contribution is 2.23. The number of benzene rings is 1. The molecule has 0 heterocycles. The summed E-state index contributed by atoms with van der Waals surface area (Å²) in [6.07, 6.45) is -4.73. The van der Waals surface area contributed by atoms with Crippen molar-refractivity contribution in [3.8, 4) is 0 Å². The number of amides is 2. The third-order valence-corrected chi connectivity index (χ3v) is 2.28. The minimum absolute atomic E-state index is 0.271. The van der Waals surface area contributed by atoms with Crippen LogP contribution >= 0.6 is 15.9 Å². The quantitative estimate of drug-likeness (QED) is 0.766. The highest BCUT2D eigenvalue weighted by molar-refractivity contribution is 9.10. The van der Waals surface area contributed by atoms with Gasteiger partial charge < -0.3 is 5.32 Å². The Hall–Kier alpha value is -1.24. The van der Waals surface area contributed by atoms with E-state index in [9.17, 15) is 18.0 Å². The summed E-state index contributed by atoms with van der Waals surface area (Å²) in [4.78, 5) is 10.9. The number of alkyl halides is 3. The Bertz CT molecular complexity index is 406. The number of nitrogens with one attached hydrogen (secondary N) is 2. The van der Waals surface area contributed by atoms with Gasteiger partial charge in [0.15, 0.2) is 0 Å². The van der Waals surface area contributed by atoms with Gasteiger partial charge in [-0.3, -0.25) is 0 Å². The van der Waals surface area contributed by atoms with E-state index in [2.05, 4.69) is 21.2 Å². The van der Waals surface area contributed by atoms with Gasteiger partial charge in [-0.05, 0) is 40.5 Å². The summed E-state index contributed by atoms with van der Waals surface area (Å²) in [6, 6.07) is 3.55. The van der Waals surface area contributed by atoms with Crippen LogP contribution < -0.4 is 10.6 Å². The third-order valence-electron chi connectivity index (χ3n) is 1.63. The summed E-state index contributed by atoms with van der Waals surface area (Å²) in [6.45, 7) is 1.82. The summed E-state index contributed by atoms with van der Waals surface area (Å²) >= 11 is 3.13. The molecule has 0 aliphatic carbocycles. The zero-order chi connectivity index (χ0) is 12.3. The molecule has 1 aromatic carbocycles. The molecule has 2 N–H and O–H groups in total. The fourth-order valence-electron chi connectivity index (χ4n) is 1.00. The maximum absolute atomic E-state index is 11.8. The van der Waals surface area contributed by atoms with Crippen molar-refractivity contribution in [3.63, 3.8) is 0 Å². The molecule has 0 atom stereocenters. The number of aryl methyl sites for hydroxylation is 1. The first-order valence-electron chi connectivity index (χ1n) is 4.20. The van der Waals surface area contributed by atoms with Crippen LogP contribution in [0.2, 0.25) is 0 Å². The first kappa shape index (κ1) is 12.8. The van der Waals surface area contributed by atoms with Crippen LogP contribution in [0.25, 0.3) is 0 Å². The van der Waals surface area contributed by atoms with E-state index in [1.54, 1.807) is 12.1 Å². The van der Waals surface area contributed by atoms with Gasteiger partial charge in [-0.2, -0.15) is 13.2 Å². The fourth-order valence-corrected chi connectivity index (χ4v) is 1.60. The number of carbonyl (C=O) groups is 1. The zero-order valence-corrected chi connectivity index (χ0v) is 9.74. The molecule has 1 aromatic rings. The van der Waals surface area contributed by atoms with Crippen molar-refractivity contribution < 1.29 is 18.0 Å². The zero-order valence-electron chi connectivity index (χ0n) is 8.15. The number of anilines is 1. The first-order chi connectivity index (χ1) is 7.28. The molecule has 7 heteroatoms. The molecule has 1 rings (SSSR count). The predicted octanol–water partition coefficient (Wildman–Crippen LogP) is 3.40. The lowest BCUT2D eigenvalue weighted by molar-refractivity contribution is -0.144. The summed E-state index contributed by atoms with van der Waals surface area (Å²) in [5.74, 6) is 0. The van der Waals surface area contributed by atoms with E-state index in [0.717, 1.165) is 10.9 Å². The van der Waals surface area contributed by atoms with Crippen LogP contribution in [0.4, 0.5) is 23.7 Å². The molecule has 0 radical (unpaired) electrons. The van der Waals surface area contributed by atoms with E-state index in [1.807, 2.05) is 6.92 Å². The van der Waals surface area contributed by atoms with E-state index >= 15 is 0 Å². The van der Waals surface area contributed by atoms with Gasteiger partial charge in [0.05, 0.1) is 5.69 Å². The Morgan fingerprint density at radius 1 is 1.38 bits per heavy atom. The monoisotopic (exact) mass is 296 g/mol. The maximum atomic E-state index is 11.8. The van der Waals surface area contributed by atoms with Gasteiger partial charge in [0.2, 0.25) is 0 Å². The van der Waals surface area contributed by atoms with Crippen LogP contribution in [-0.2, 0) is 0 Å². The van der Waals surface area contributed by atoms with Crippen LogP contribution in [0.1, 0.15) is 5.56 Å². The van der Waals surface area contributed by atoms with Crippen molar-refractivity contribution in [1.29, 1.82) is 0 Å². The Balaban J connectivity index is 2.70. The normalized spacial score (nSPS) is 11.1. The molecule has 0 unspecified atom stereocenters. The van der Waals surface area contributed by atoms with E-state index in [0.29, 0.717) is 4.47 Å². The average molecular weight is 297 g/mol. The molecule has 0 aliphatic heterocycles. The van der Waals surface area contributed by atoms with Crippen LogP contribution in [-0.4, -0.2) is 12.3 Å². The third kappa shape index (κ3) is 4.09. The van der Waals surface area contributed by atoms with Gasteiger partial charge in [0, 0.05) is 4.47 Å². The standard InChI is InChI=1S/C9H8BrF3N2O/c1-5-2-3-7(6(10)4-5)14-8(16)15-9(11,12)13/h2-4H,1H3,(H2,14,15,16). The summed E-state index contributed by atoms with van der Waals surface area (Å²) < 4.78 is 35.9. The largest absolute Gasteiger partial charge is 0.485 e. The molecular weight excluding hydrogens is 289 g/mol. The molecule has 88 valence electrons. The lowest BCUT2D eigenvalue weighted by Gasteiger charge is -2.11. The second-order valence-electron chi connectivity index (χ2n) is 3.06. The van der Waals surface area contributed by atoms with E-state index in [1.165, 1.54) is 6.07 Å². The first-order valence-corrected chi connectivity index (χ1v) is 4.99. The van der Waals surface area contributed by atoms with Crippen molar-refractivity contribution >= 4 is 27.6 Å². The second-order valence-corrected chi connectivity index (χ2v) is 3.91. The topological polar surface area (TPSA) is 41.1 Å². The predicted molar refractivity (Wildman–Crippen MR) is 57.1 cm³/mol. The highest BCUT2D eigenvalue weighted by atomic mass is 79.9. The van der Waals surface area contributed by atoms with Crippen molar-refractivity contribution in [2.24, 2.45) is 0 Å². The Kier molecular flexibility index (Phi) is 3.79. The number of halogens is 4. The van der Waals surface area contributed by atoms with Crippen molar-refractivity contribution in [1.82, 2.24) is 5.32 Å². The van der Waals surface area contributed by atoms with Crippen LogP contribution in [0.5, 0.6) is 0 Å². The highest BCUT2D eigenvalue weighted by Gasteiger charge is 2.30. The van der Waals surface area contributed by atoms with E-state index < -0.39 is 12.3 Å². The lowest BCUT2D eigenvalue weighted by Crippen LogP contribution is -2.40. The van der Waals surface area contributed by atoms with Gasteiger partial charge in [-0.15, -0.1) is 0 Å². The van der Waals surface area contributed by atoms with Gasteiger partial charge >= 0.3 is 12.3 Å². The summed E-state index contributed by atoms with van der Waals surface area (Å²) in [5, 5.41) is 2.92. The van der Waals surface area contributed by atoms with Gasteiger partial charge in [-0.1, -0.05) is 6.07 Å². The molecule has 0 spiro atoms. The molecular formula is C9H8BrF3N2O. The van der Waals surface area contributed by atoms with E-state index in [4.69, 9.17) is 0 Å². The van der Waals surface area contributed by atoms with Crippen LogP contribution in [0.15, 0.2) is 22.7 Å². The molecule has 2 amide bonds. The number of rotatable bonds is 1. The molecule has 16 heavy (non-hydrogen) atoms. The number of hydrogen-bond acceptors (Lipinski definition) is 1. The minimum Gasteiger partial charge on any atom is -0.307 e. The molecule has 3 nitrogen and oxygen atoms in total. The molecule has 0 saturated carbocycles. The van der Waals surface area contributed by atoms with Gasteiger partial charge in [0.1, 0.15) is 0 Å². The summed E-state index contributed by atoms with van der Waals surface area (Å²) in [5.41, 5.74) is 1.20. The van der Waals surface area contributed by atoms with Crippen LogP contribution in [0.3, 0.4) is 0 Å². The lowest BCUT2D eigenvalue weighted by atomic mass is 10.2. The van der Waals surface area contributed by atoms with Gasteiger partial charge in [-0.25, -0.2) is 10.1 Å². The Labute approximate surface area is 98.2 Å². The van der Waals surface area contributed by atoms with Crippen LogP contribution in [0, 0.1) is 6.92 Å². The van der Waals surface area contributed by atoms with Crippen molar-refractivity contribution in [2.45, 2.75) is 13.2 Å². The smallest absolute Gasteiger partial charge is 0.307 e. The fraction of sp³-hybridized carbons (Fsp3) is 0.222. The molecule has 0 aromatic heterocycles. The molecule has 0 aliphatic rings. The minimum atomic E-state index is -4.73. The molecule has 0 bridgehead atoms. The summed E-state index contributed by atoms with van der Waals surface area (Å²) in [7, 11) is 0. The average Bonchev–Trinajstić information content (AvgIpc) is 2.06. The van der Waals surface area contributed by atoms with Crippen molar-refractivity contribution in [2.75, 3.05) is 5.32 Å². The van der Waals surface area contributed by atoms with Crippen molar-refractivity contribution in [3.05, 3.63) is 28.2 Å². The molecule has 0 fully saturated rings. The number of carbonyl (C=O) groups excluding carboxylic acids is 1. The maximum Gasteiger partial charge on any atom is 0.485 e. The Morgan fingerprint density at radius 2 is 2.00 bits per heavy atom. The van der Waals surface area contributed by atoms with E-state index in [-0.39, 0.29) is 5.69 Å². The van der Waals surface area contributed by atoms with Gasteiger partial charge in [0.25, 0.3) is 0 Å². The molecule has 0 saturated heterocycles.